The van der Waals surface area contributed by atoms with E-state index in [0.29, 0.717) is 5.56 Å². The minimum absolute atomic E-state index is 0.113. The fraction of sp³-hybridized carbons (Fsp3) is 0.318. The monoisotopic (exact) mass is 378 g/mol. The van der Waals surface area contributed by atoms with Gasteiger partial charge in [-0.3, -0.25) is 14.5 Å². The number of carbonyl (C=O) groups excluding carboxylic acids is 1. The third kappa shape index (κ3) is 4.28. The first kappa shape index (κ1) is 19.8. The summed E-state index contributed by atoms with van der Waals surface area (Å²) in [5.74, 6) is -0.229. The van der Waals surface area contributed by atoms with Gasteiger partial charge in [-0.1, -0.05) is 6.07 Å². The van der Waals surface area contributed by atoms with Gasteiger partial charge in [0.1, 0.15) is 0 Å². The molecule has 0 spiro atoms. The predicted molar refractivity (Wildman–Crippen MR) is 110 cm³/mol. The Labute approximate surface area is 165 Å². The number of aryl methyl sites for hydroxylation is 1. The van der Waals surface area contributed by atoms with Crippen LogP contribution in [-0.2, 0) is 0 Å². The number of benzene rings is 1. The molecule has 1 aromatic carbocycles. The normalized spacial score (nSPS) is 12.2. The van der Waals surface area contributed by atoms with Gasteiger partial charge >= 0.3 is 0 Å². The Morgan fingerprint density at radius 2 is 1.89 bits per heavy atom. The summed E-state index contributed by atoms with van der Waals surface area (Å²) >= 11 is 0. The lowest BCUT2D eigenvalue weighted by Crippen LogP contribution is -2.35. The number of aromatic nitrogens is 3. The van der Waals surface area contributed by atoms with E-state index < -0.39 is 0 Å². The van der Waals surface area contributed by atoms with Gasteiger partial charge < -0.3 is 10.4 Å². The number of pyridine rings is 1. The molecule has 0 saturated carbocycles. The summed E-state index contributed by atoms with van der Waals surface area (Å²) in [6, 6.07) is 11.5. The summed E-state index contributed by atoms with van der Waals surface area (Å²) in [7, 11) is 0. The van der Waals surface area contributed by atoms with Crippen LogP contribution in [0.15, 0.2) is 48.8 Å². The third-order valence-electron chi connectivity index (χ3n) is 4.51. The Kier molecular flexibility index (Phi) is 5.90. The lowest BCUT2D eigenvalue weighted by Gasteiger charge is -2.15. The van der Waals surface area contributed by atoms with Crippen molar-refractivity contribution in [2.75, 3.05) is 6.61 Å². The highest BCUT2D eigenvalue weighted by molar-refractivity contribution is 5.97. The van der Waals surface area contributed by atoms with Crippen molar-refractivity contribution < 1.29 is 9.90 Å². The average molecular weight is 378 g/mol. The number of carbonyl (C=O) groups is 1. The smallest absolute Gasteiger partial charge is 0.251 e. The van der Waals surface area contributed by atoms with Gasteiger partial charge in [0.15, 0.2) is 0 Å². The molecular weight excluding hydrogens is 352 g/mol. The molecule has 0 saturated heterocycles. The van der Waals surface area contributed by atoms with E-state index >= 15 is 0 Å². The van der Waals surface area contributed by atoms with E-state index in [1.54, 1.807) is 13.1 Å². The van der Waals surface area contributed by atoms with E-state index in [0.717, 1.165) is 28.1 Å². The molecule has 0 radical (unpaired) electrons. The first-order chi connectivity index (χ1) is 13.4. The Hall–Kier alpha value is -2.99. The molecule has 0 aliphatic carbocycles. The second-order valence-electron chi connectivity index (χ2n) is 7.33. The van der Waals surface area contributed by atoms with E-state index in [2.05, 4.69) is 29.2 Å². The topological polar surface area (TPSA) is 80.0 Å². The number of amides is 1. The van der Waals surface area contributed by atoms with Gasteiger partial charge in [-0.15, -0.1) is 0 Å². The van der Waals surface area contributed by atoms with Crippen molar-refractivity contribution in [2.45, 2.75) is 39.8 Å². The molecule has 0 unspecified atom stereocenters. The summed E-state index contributed by atoms with van der Waals surface area (Å²) < 4.78 is 1.93. The van der Waals surface area contributed by atoms with E-state index in [1.165, 1.54) is 0 Å². The molecule has 28 heavy (non-hydrogen) atoms. The maximum absolute atomic E-state index is 12.7. The lowest BCUT2D eigenvalue weighted by molar-refractivity contribution is 0.0922. The van der Waals surface area contributed by atoms with Crippen molar-refractivity contribution in [3.63, 3.8) is 0 Å². The molecule has 2 N–H and O–H groups in total. The number of nitrogens with one attached hydrogen (secondary N) is 1. The highest BCUT2D eigenvalue weighted by Gasteiger charge is 2.16. The zero-order chi connectivity index (χ0) is 20.3. The minimum Gasteiger partial charge on any atom is -0.394 e. The average Bonchev–Trinajstić information content (AvgIpc) is 3.18. The number of rotatable bonds is 6. The van der Waals surface area contributed by atoms with Crippen LogP contribution in [0, 0.1) is 6.92 Å². The first-order valence-electron chi connectivity index (χ1n) is 9.42. The zero-order valence-electron chi connectivity index (χ0n) is 16.7. The van der Waals surface area contributed by atoms with Crippen LogP contribution in [0.5, 0.6) is 0 Å². The van der Waals surface area contributed by atoms with Gasteiger partial charge in [0.25, 0.3) is 5.91 Å². The van der Waals surface area contributed by atoms with Gasteiger partial charge in [-0.25, -0.2) is 0 Å². The highest BCUT2D eigenvalue weighted by atomic mass is 16.3. The number of hydrogen-bond acceptors (Lipinski definition) is 4. The van der Waals surface area contributed by atoms with Gasteiger partial charge in [0.05, 0.1) is 18.0 Å². The standard InChI is InChI=1S/C22H26N4O2/c1-14(2)26-21(7-8-24-26)18-9-17(20-6-5-15(3)12-23-20)10-19(11-18)22(28)25-16(4)13-27/h5-12,14,16,27H,13H2,1-4H3,(H,25,28)/t16-/m0/s1. The molecule has 0 bridgehead atoms. The molecule has 6 nitrogen and oxygen atoms in total. The van der Waals surface area contributed by atoms with Crippen LogP contribution in [0.25, 0.3) is 22.5 Å². The summed E-state index contributed by atoms with van der Waals surface area (Å²) in [5, 5.41) is 16.5. The maximum Gasteiger partial charge on any atom is 0.251 e. The molecule has 2 aromatic heterocycles. The molecule has 1 atom stereocenters. The van der Waals surface area contributed by atoms with Gasteiger partial charge in [-0.05, 0) is 63.6 Å². The molecule has 146 valence electrons. The second-order valence-corrected chi connectivity index (χ2v) is 7.33. The number of aliphatic hydroxyl groups excluding tert-OH is 1. The molecule has 3 aromatic rings. The predicted octanol–water partition coefficient (Wildman–Crippen LogP) is 3.61. The minimum atomic E-state index is -0.321. The molecule has 3 rings (SSSR count). The van der Waals surface area contributed by atoms with Crippen LogP contribution in [0.3, 0.4) is 0 Å². The van der Waals surface area contributed by atoms with Crippen LogP contribution < -0.4 is 5.32 Å². The summed E-state index contributed by atoms with van der Waals surface area (Å²) in [4.78, 5) is 17.2. The number of nitrogens with zero attached hydrogens (tertiary/aromatic N) is 3. The van der Waals surface area contributed by atoms with Crippen molar-refractivity contribution in [2.24, 2.45) is 0 Å². The van der Waals surface area contributed by atoms with Crippen molar-refractivity contribution in [1.29, 1.82) is 0 Å². The Morgan fingerprint density at radius 1 is 1.14 bits per heavy atom. The largest absolute Gasteiger partial charge is 0.394 e. The molecule has 0 aliphatic heterocycles. The summed E-state index contributed by atoms with van der Waals surface area (Å²) in [6.07, 6.45) is 3.58. The third-order valence-corrected chi connectivity index (χ3v) is 4.51. The van der Waals surface area contributed by atoms with E-state index in [1.807, 2.05) is 54.2 Å². The van der Waals surface area contributed by atoms with Crippen LogP contribution in [0.1, 0.15) is 42.7 Å². The molecule has 6 heteroatoms. The van der Waals surface area contributed by atoms with Crippen molar-refractivity contribution >= 4 is 5.91 Å². The summed E-state index contributed by atoms with van der Waals surface area (Å²) in [6.45, 7) is 7.77. The number of hydrogen-bond donors (Lipinski definition) is 2. The van der Waals surface area contributed by atoms with Crippen molar-refractivity contribution in [3.8, 4) is 22.5 Å². The fourth-order valence-electron chi connectivity index (χ4n) is 3.00. The molecule has 1 amide bonds. The van der Waals surface area contributed by atoms with Crippen LogP contribution in [0.4, 0.5) is 0 Å². The second kappa shape index (κ2) is 8.35. The highest BCUT2D eigenvalue weighted by Crippen LogP contribution is 2.29. The lowest BCUT2D eigenvalue weighted by atomic mass is 10.00. The molecule has 0 fully saturated rings. The van der Waals surface area contributed by atoms with Crippen molar-refractivity contribution in [3.05, 3.63) is 59.9 Å². The Balaban J connectivity index is 2.12. The van der Waals surface area contributed by atoms with Crippen LogP contribution in [0.2, 0.25) is 0 Å². The van der Waals surface area contributed by atoms with Gasteiger partial charge in [0.2, 0.25) is 0 Å². The fourth-order valence-corrected chi connectivity index (χ4v) is 3.00. The van der Waals surface area contributed by atoms with E-state index in [9.17, 15) is 9.90 Å². The SMILES string of the molecule is Cc1ccc(-c2cc(C(=O)N[C@@H](C)CO)cc(-c3ccnn3C(C)C)c2)nc1. The molecular formula is C22H26N4O2. The van der Waals surface area contributed by atoms with Crippen molar-refractivity contribution in [1.82, 2.24) is 20.1 Å². The van der Waals surface area contributed by atoms with Gasteiger partial charge in [-0.2, -0.15) is 5.10 Å². The van der Waals surface area contributed by atoms with Crippen LogP contribution in [-0.4, -0.2) is 38.4 Å². The summed E-state index contributed by atoms with van der Waals surface area (Å²) in [5.41, 5.74) is 5.09. The van der Waals surface area contributed by atoms with Gasteiger partial charge in [0, 0.05) is 41.2 Å². The Bertz CT molecular complexity index is 961. The first-order valence-corrected chi connectivity index (χ1v) is 9.42. The maximum atomic E-state index is 12.7. The molecule has 2 heterocycles. The molecule has 0 aliphatic rings. The Morgan fingerprint density at radius 3 is 2.54 bits per heavy atom. The zero-order valence-corrected chi connectivity index (χ0v) is 16.7. The van der Waals surface area contributed by atoms with E-state index in [4.69, 9.17) is 0 Å². The quantitative estimate of drug-likeness (QED) is 0.687. The van der Waals surface area contributed by atoms with Crippen LogP contribution >= 0.6 is 0 Å². The van der Waals surface area contributed by atoms with E-state index in [-0.39, 0.29) is 24.6 Å². The number of aliphatic hydroxyl groups is 1.